The zero-order valence-electron chi connectivity index (χ0n) is 6.85. The lowest BCUT2D eigenvalue weighted by molar-refractivity contribution is -0.113. The van der Waals surface area contributed by atoms with Crippen LogP contribution >= 0.6 is 61.1 Å². The van der Waals surface area contributed by atoms with E-state index in [-0.39, 0.29) is 17.0 Å². The second kappa shape index (κ2) is 5.50. The standard InChI is InChI=1S/C8H6BrI2NO2/c9-3-7(13)12-4-1-5(10)8(14)6(11)2-4/h1-2,14H,3H2,(H,12,13). The number of carbonyl (C=O) groups excluding carboxylic acids is 1. The second-order valence-corrected chi connectivity index (χ2v) is 5.36. The van der Waals surface area contributed by atoms with Crippen molar-refractivity contribution in [3.63, 3.8) is 0 Å². The summed E-state index contributed by atoms with van der Waals surface area (Å²) in [5.74, 6) is 0.144. The fraction of sp³-hybridized carbons (Fsp3) is 0.125. The third-order valence-electron chi connectivity index (χ3n) is 1.42. The molecule has 6 heteroatoms. The Balaban J connectivity index is 2.95. The van der Waals surface area contributed by atoms with Gasteiger partial charge in [-0.25, -0.2) is 0 Å². The lowest BCUT2D eigenvalue weighted by Gasteiger charge is -2.06. The summed E-state index contributed by atoms with van der Waals surface area (Å²) < 4.78 is 1.44. The number of carbonyl (C=O) groups is 1. The topological polar surface area (TPSA) is 49.3 Å². The average molecular weight is 482 g/mol. The molecule has 0 spiro atoms. The van der Waals surface area contributed by atoms with Crippen LogP contribution in [0.15, 0.2) is 12.1 Å². The van der Waals surface area contributed by atoms with Crippen LogP contribution < -0.4 is 5.32 Å². The van der Waals surface area contributed by atoms with Gasteiger partial charge in [0.05, 0.1) is 12.5 Å². The minimum atomic E-state index is -0.109. The number of anilines is 1. The molecule has 0 aliphatic carbocycles. The average Bonchev–Trinajstić information content (AvgIpc) is 2.14. The Morgan fingerprint density at radius 1 is 1.43 bits per heavy atom. The van der Waals surface area contributed by atoms with Gasteiger partial charge in [-0.15, -0.1) is 0 Å². The summed E-state index contributed by atoms with van der Waals surface area (Å²) in [5.41, 5.74) is 0.695. The molecule has 3 nitrogen and oxygen atoms in total. The first-order chi connectivity index (χ1) is 6.54. The van der Waals surface area contributed by atoms with E-state index in [0.29, 0.717) is 5.69 Å². The van der Waals surface area contributed by atoms with Gasteiger partial charge in [0.25, 0.3) is 0 Å². The highest BCUT2D eigenvalue weighted by Gasteiger charge is 2.07. The molecule has 1 amide bonds. The number of nitrogens with one attached hydrogen (secondary N) is 1. The highest BCUT2D eigenvalue weighted by molar-refractivity contribution is 14.1. The molecular formula is C8H6BrI2NO2. The van der Waals surface area contributed by atoms with Crippen molar-refractivity contribution < 1.29 is 9.90 Å². The van der Waals surface area contributed by atoms with Crippen LogP contribution in [0.1, 0.15) is 0 Å². The molecule has 1 aromatic rings. The van der Waals surface area contributed by atoms with Gasteiger partial charge >= 0.3 is 0 Å². The van der Waals surface area contributed by atoms with Crippen LogP contribution in [0.25, 0.3) is 0 Å². The van der Waals surface area contributed by atoms with Crippen molar-refractivity contribution in [3.8, 4) is 5.75 Å². The Morgan fingerprint density at radius 2 is 1.93 bits per heavy atom. The number of phenolic OH excluding ortho intramolecular Hbond substituents is 1. The Kier molecular flexibility index (Phi) is 4.91. The maximum atomic E-state index is 11.1. The number of amides is 1. The molecule has 0 aliphatic heterocycles. The molecule has 76 valence electrons. The quantitative estimate of drug-likeness (QED) is 0.388. The van der Waals surface area contributed by atoms with E-state index in [1.807, 2.05) is 45.2 Å². The maximum Gasteiger partial charge on any atom is 0.235 e. The van der Waals surface area contributed by atoms with Crippen LogP contribution in [0.2, 0.25) is 0 Å². The van der Waals surface area contributed by atoms with E-state index < -0.39 is 0 Å². The molecule has 0 saturated carbocycles. The van der Waals surface area contributed by atoms with Crippen molar-refractivity contribution in [2.45, 2.75) is 0 Å². The van der Waals surface area contributed by atoms with Crippen molar-refractivity contribution >= 4 is 72.7 Å². The van der Waals surface area contributed by atoms with Crippen LogP contribution in [0.5, 0.6) is 5.75 Å². The number of hydrogen-bond donors (Lipinski definition) is 2. The highest BCUT2D eigenvalue weighted by atomic mass is 127. The molecule has 1 rings (SSSR count). The van der Waals surface area contributed by atoms with Crippen LogP contribution in [0.3, 0.4) is 0 Å². The van der Waals surface area contributed by atoms with Gasteiger partial charge in [-0.3, -0.25) is 4.79 Å². The van der Waals surface area contributed by atoms with Crippen molar-refractivity contribution in [2.24, 2.45) is 0 Å². The van der Waals surface area contributed by atoms with E-state index in [0.717, 1.165) is 7.14 Å². The molecule has 0 unspecified atom stereocenters. The summed E-state index contributed by atoms with van der Waals surface area (Å²) in [6.45, 7) is 0. The predicted octanol–water partition coefficient (Wildman–Crippen LogP) is 2.93. The van der Waals surface area contributed by atoms with E-state index in [4.69, 9.17) is 0 Å². The SMILES string of the molecule is O=C(CBr)Nc1cc(I)c(O)c(I)c1. The second-order valence-electron chi connectivity index (χ2n) is 2.47. The van der Waals surface area contributed by atoms with Gasteiger partial charge in [0.2, 0.25) is 5.91 Å². The van der Waals surface area contributed by atoms with Gasteiger partial charge in [-0.2, -0.15) is 0 Å². The molecule has 0 bridgehead atoms. The van der Waals surface area contributed by atoms with Gasteiger partial charge < -0.3 is 10.4 Å². The van der Waals surface area contributed by atoms with Gasteiger partial charge in [0, 0.05) is 5.69 Å². The molecule has 0 saturated heterocycles. The number of phenols is 1. The first-order valence-electron chi connectivity index (χ1n) is 3.58. The lowest BCUT2D eigenvalue weighted by atomic mass is 10.3. The first-order valence-corrected chi connectivity index (χ1v) is 6.86. The van der Waals surface area contributed by atoms with E-state index in [1.54, 1.807) is 12.1 Å². The molecule has 0 aromatic heterocycles. The van der Waals surface area contributed by atoms with E-state index in [1.165, 1.54) is 0 Å². The van der Waals surface area contributed by atoms with Gasteiger partial charge in [-0.1, -0.05) is 15.9 Å². The summed E-state index contributed by atoms with van der Waals surface area (Å²) in [5, 5.41) is 12.4. The van der Waals surface area contributed by atoms with Crippen LogP contribution in [0, 0.1) is 7.14 Å². The molecule has 0 aliphatic rings. The number of hydrogen-bond acceptors (Lipinski definition) is 2. The molecule has 1 aromatic carbocycles. The number of aromatic hydroxyl groups is 1. The molecule has 2 N–H and O–H groups in total. The largest absolute Gasteiger partial charge is 0.506 e. The summed E-state index contributed by atoms with van der Waals surface area (Å²) in [6, 6.07) is 3.44. The molecule has 0 fully saturated rings. The molecule has 0 radical (unpaired) electrons. The predicted molar refractivity (Wildman–Crippen MR) is 76.0 cm³/mol. The molecule has 0 atom stereocenters. The molecular weight excluding hydrogens is 476 g/mol. The van der Waals surface area contributed by atoms with E-state index in [2.05, 4.69) is 21.2 Å². The Hall–Kier alpha value is 0.430. The zero-order valence-corrected chi connectivity index (χ0v) is 12.8. The first kappa shape index (κ1) is 12.5. The van der Waals surface area contributed by atoms with Crippen LogP contribution in [-0.2, 0) is 4.79 Å². The Labute approximate surface area is 117 Å². The van der Waals surface area contributed by atoms with Crippen LogP contribution in [-0.4, -0.2) is 16.3 Å². The van der Waals surface area contributed by atoms with Crippen LogP contribution in [0.4, 0.5) is 5.69 Å². The normalized spacial score (nSPS) is 9.93. The summed E-state index contributed by atoms with van der Waals surface area (Å²) in [4.78, 5) is 11.1. The monoisotopic (exact) mass is 481 g/mol. The number of halogens is 3. The number of alkyl halides is 1. The number of rotatable bonds is 2. The Bertz CT molecular complexity index is 347. The zero-order chi connectivity index (χ0) is 10.7. The van der Waals surface area contributed by atoms with Gasteiger partial charge in [-0.05, 0) is 57.3 Å². The maximum absolute atomic E-state index is 11.1. The third-order valence-corrected chi connectivity index (χ3v) is 3.58. The van der Waals surface area contributed by atoms with Crippen molar-refractivity contribution in [2.75, 3.05) is 10.6 Å². The van der Waals surface area contributed by atoms with Gasteiger partial charge in [0.15, 0.2) is 0 Å². The summed E-state index contributed by atoms with van der Waals surface area (Å²) in [6.07, 6.45) is 0. The molecule has 0 heterocycles. The van der Waals surface area contributed by atoms with Gasteiger partial charge in [0.1, 0.15) is 5.75 Å². The smallest absolute Gasteiger partial charge is 0.235 e. The summed E-state index contributed by atoms with van der Waals surface area (Å²) in [7, 11) is 0. The van der Waals surface area contributed by atoms with E-state index in [9.17, 15) is 9.90 Å². The van der Waals surface area contributed by atoms with Crippen molar-refractivity contribution in [1.82, 2.24) is 0 Å². The molecule has 14 heavy (non-hydrogen) atoms. The third kappa shape index (κ3) is 3.23. The number of benzene rings is 1. The summed E-state index contributed by atoms with van der Waals surface area (Å²) >= 11 is 7.09. The minimum absolute atomic E-state index is 0.109. The minimum Gasteiger partial charge on any atom is -0.506 e. The van der Waals surface area contributed by atoms with Crippen molar-refractivity contribution in [3.05, 3.63) is 19.3 Å². The highest BCUT2D eigenvalue weighted by Crippen LogP contribution is 2.29. The Morgan fingerprint density at radius 3 is 2.36 bits per heavy atom. The fourth-order valence-corrected chi connectivity index (χ4v) is 2.74. The van der Waals surface area contributed by atoms with E-state index >= 15 is 0 Å². The lowest BCUT2D eigenvalue weighted by Crippen LogP contribution is -2.12. The fourth-order valence-electron chi connectivity index (χ4n) is 0.832. The van der Waals surface area contributed by atoms with Crippen molar-refractivity contribution in [1.29, 1.82) is 0 Å².